The monoisotopic (exact) mass is 556 g/mol. The number of anilines is 1. The van der Waals surface area contributed by atoms with E-state index in [-0.39, 0.29) is 11.3 Å². The number of nitrogens with two attached hydrogens (primary N) is 1. The molecule has 4 amide bonds. The quantitative estimate of drug-likeness (QED) is 0.327. The largest absolute Gasteiger partial charge is 0.507 e. The molecule has 2 aromatic carbocycles. The SMILES string of the molecule is CCC(C)N(C(=O)C(CC(N)=O)NC(=O)OC(C)(C)C)C(C(=O)Nc1ccc(OC)cc1)c1cccc(C)c1O. The first kappa shape index (κ1) is 31.9. The number of nitrogens with zero attached hydrogens (tertiary/aromatic N) is 1. The number of hydrogen-bond donors (Lipinski definition) is 4. The molecule has 0 aliphatic heterocycles. The molecule has 0 spiro atoms. The highest BCUT2D eigenvalue weighted by molar-refractivity contribution is 6.00. The third kappa shape index (κ3) is 8.62. The maximum absolute atomic E-state index is 14.1. The van der Waals surface area contributed by atoms with Gasteiger partial charge in [-0.2, -0.15) is 0 Å². The molecule has 0 heterocycles. The third-order valence-electron chi connectivity index (χ3n) is 6.16. The van der Waals surface area contributed by atoms with E-state index in [2.05, 4.69) is 10.6 Å². The van der Waals surface area contributed by atoms with Gasteiger partial charge in [-0.1, -0.05) is 25.1 Å². The average molecular weight is 557 g/mol. The van der Waals surface area contributed by atoms with Gasteiger partial charge in [0.25, 0.3) is 5.91 Å². The Balaban J connectivity index is 2.62. The second kappa shape index (κ2) is 13.7. The Morgan fingerprint density at radius 3 is 2.23 bits per heavy atom. The molecule has 2 rings (SSSR count). The van der Waals surface area contributed by atoms with Crippen LogP contribution in [0.4, 0.5) is 10.5 Å². The lowest BCUT2D eigenvalue weighted by Crippen LogP contribution is -2.55. The van der Waals surface area contributed by atoms with E-state index in [0.717, 1.165) is 0 Å². The van der Waals surface area contributed by atoms with Crippen LogP contribution in [0.1, 0.15) is 64.6 Å². The number of benzene rings is 2. The number of phenolic OH excluding ortho intramolecular Hbond substituents is 1. The summed E-state index contributed by atoms with van der Waals surface area (Å²) < 4.78 is 10.5. The van der Waals surface area contributed by atoms with Crippen molar-refractivity contribution in [1.29, 1.82) is 0 Å². The van der Waals surface area contributed by atoms with Crippen molar-refractivity contribution in [3.63, 3.8) is 0 Å². The third-order valence-corrected chi connectivity index (χ3v) is 6.16. The zero-order valence-corrected chi connectivity index (χ0v) is 24.1. The molecule has 0 aliphatic rings. The van der Waals surface area contributed by atoms with Crippen LogP contribution in [0, 0.1) is 6.92 Å². The maximum Gasteiger partial charge on any atom is 0.408 e. The van der Waals surface area contributed by atoms with E-state index in [1.165, 1.54) is 12.0 Å². The second-order valence-electron chi connectivity index (χ2n) is 10.5. The van der Waals surface area contributed by atoms with E-state index in [1.54, 1.807) is 77.1 Å². The number of primary amides is 1. The van der Waals surface area contributed by atoms with E-state index >= 15 is 0 Å². The molecule has 0 bridgehead atoms. The summed E-state index contributed by atoms with van der Waals surface area (Å²) in [6.45, 7) is 10.2. The summed E-state index contributed by atoms with van der Waals surface area (Å²) in [5.41, 5.74) is 5.67. The van der Waals surface area contributed by atoms with Gasteiger partial charge in [0, 0.05) is 17.3 Å². The zero-order chi connectivity index (χ0) is 30.2. The molecule has 5 N–H and O–H groups in total. The van der Waals surface area contributed by atoms with Gasteiger partial charge in [0.2, 0.25) is 11.8 Å². The summed E-state index contributed by atoms with van der Waals surface area (Å²) in [6.07, 6.45) is -1.04. The van der Waals surface area contributed by atoms with Crippen LogP contribution in [0.5, 0.6) is 11.5 Å². The van der Waals surface area contributed by atoms with Crippen molar-refractivity contribution in [2.45, 2.75) is 78.1 Å². The molecule has 40 heavy (non-hydrogen) atoms. The molecule has 2 aromatic rings. The van der Waals surface area contributed by atoms with Gasteiger partial charge in [0.15, 0.2) is 0 Å². The van der Waals surface area contributed by atoms with Gasteiger partial charge >= 0.3 is 6.09 Å². The number of alkyl carbamates (subject to hydrolysis) is 1. The predicted octanol–water partition coefficient (Wildman–Crippen LogP) is 3.78. The first-order chi connectivity index (χ1) is 18.7. The van der Waals surface area contributed by atoms with Crippen molar-refractivity contribution in [3.05, 3.63) is 53.6 Å². The standard InChI is InChI=1S/C29H40N4O7/c1-8-18(3)33(27(37)22(16-23(30)34)32-28(38)40-29(4,5)6)24(21-11-9-10-17(2)25(21)35)26(36)31-19-12-14-20(39-7)15-13-19/h9-15,18,22,24,35H,8,16H2,1-7H3,(H2,30,34)(H,31,36)(H,32,38). The first-order valence-electron chi connectivity index (χ1n) is 13.0. The van der Waals surface area contributed by atoms with E-state index in [9.17, 15) is 24.3 Å². The van der Waals surface area contributed by atoms with E-state index in [1.807, 2.05) is 6.92 Å². The van der Waals surface area contributed by atoms with Crippen molar-refractivity contribution >= 4 is 29.5 Å². The highest BCUT2D eigenvalue weighted by Crippen LogP contribution is 2.35. The number of para-hydroxylation sites is 1. The summed E-state index contributed by atoms with van der Waals surface area (Å²) in [6, 6.07) is 8.18. The fourth-order valence-electron chi connectivity index (χ4n) is 4.03. The smallest absolute Gasteiger partial charge is 0.408 e. The van der Waals surface area contributed by atoms with Gasteiger partial charge in [0.05, 0.1) is 13.5 Å². The highest BCUT2D eigenvalue weighted by atomic mass is 16.6. The average Bonchev–Trinajstić information content (AvgIpc) is 2.87. The minimum Gasteiger partial charge on any atom is -0.507 e. The summed E-state index contributed by atoms with van der Waals surface area (Å²) in [4.78, 5) is 53.8. The lowest BCUT2D eigenvalue weighted by Gasteiger charge is -2.38. The van der Waals surface area contributed by atoms with Crippen LogP contribution in [0.2, 0.25) is 0 Å². The van der Waals surface area contributed by atoms with Crippen molar-refractivity contribution in [2.24, 2.45) is 5.73 Å². The van der Waals surface area contributed by atoms with Crippen LogP contribution in [-0.4, -0.2) is 58.6 Å². The van der Waals surface area contributed by atoms with Crippen molar-refractivity contribution in [2.75, 3.05) is 12.4 Å². The molecule has 11 nitrogen and oxygen atoms in total. The Morgan fingerprint density at radius 1 is 1.07 bits per heavy atom. The molecule has 0 saturated carbocycles. The van der Waals surface area contributed by atoms with E-state index in [0.29, 0.717) is 23.4 Å². The molecule has 3 atom stereocenters. The number of hydrogen-bond acceptors (Lipinski definition) is 7. The first-order valence-corrected chi connectivity index (χ1v) is 13.0. The Kier molecular flexibility index (Phi) is 10.9. The van der Waals surface area contributed by atoms with Crippen LogP contribution >= 0.6 is 0 Å². The number of rotatable bonds is 11. The molecule has 0 fully saturated rings. The lowest BCUT2D eigenvalue weighted by atomic mass is 9.96. The highest BCUT2D eigenvalue weighted by Gasteiger charge is 2.40. The summed E-state index contributed by atoms with van der Waals surface area (Å²) >= 11 is 0. The molecular weight excluding hydrogens is 516 g/mol. The van der Waals surface area contributed by atoms with Crippen LogP contribution in [0.3, 0.4) is 0 Å². The molecule has 0 radical (unpaired) electrons. The van der Waals surface area contributed by atoms with Gasteiger partial charge in [0.1, 0.15) is 29.2 Å². The van der Waals surface area contributed by atoms with Crippen LogP contribution < -0.4 is 21.1 Å². The number of methoxy groups -OCH3 is 1. The van der Waals surface area contributed by atoms with Gasteiger partial charge in [-0.3, -0.25) is 14.4 Å². The molecule has 3 unspecified atom stereocenters. The number of aromatic hydroxyl groups is 1. The number of carbonyl (C=O) groups is 4. The van der Waals surface area contributed by atoms with Gasteiger partial charge in [-0.25, -0.2) is 4.79 Å². The van der Waals surface area contributed by atoms with Gasteiger partial charge < -0.3 is 35.8 Å². The Labute approximate surface area is 235 Å². The lowest BCUT2D eigenvalue weighted by molar-refractivity contribution is -0.144. The number of nitrogens with one attached hydrogen (secondary N) is 2. The normalized spacial score (nSPS) is 13.4. The van der Waals surface area contributed by atoms with Crippen LogP contribution in [0.15, 0.2) is 42.5 Å². The fourth-order valence-corrected chi connectivity index (χ4v) is 4.03. The minimum absolute atomic E-state index is 0.162. The Morgan fingerprint density at radius 2 is 1.70 bits per heavy atom. The van der Waals surface area contributed by atoms with Crippen molar-refractivity contribution < 1.29 is 33.8 Å². The number of aryl methyl sites for hydroxylation is 1. The molecule has 11 heteroatoms. The molecule has 0 aliphatic carbocycles. The van der Waals surface area contributed by atoms with Crippen LogP contribution in [-0.2, 0) is 19.1 Å². The molecule has 0 saturated heterocycles. The molecular formula is C29H40N4O7. The summed E-state index contributed by atoms with van der Waals surface area (Å²) in [5, 5.41) is 16.2. The van der Waals surface area contributed by atoms with E-state index < -0.39 is 54.0 Å². The topological polar surface area (TPSA) is 160 Å². The summed E-state index contributed by atoms with van der Waals surface area (Å²) in [5.74, 6) is -1.77. The number of phenols is 1. The second-order valence-corrected chi connectivity index (χ2v) is 10.5. The minimum atomic E-state index is -1.43. The predicted molar refractivity (Wildman–Crippen MR) is 151 cm³/mol. The van der Waals surface area contributed by atoms with Crippen LogP contribution in [0.25, 0.3) is 0 Å². The van der Waals surface area contributed by atoms with Crippen molar-refractivity contribution in [1.82, 2.24) is 10.2 Å². The zero-order valence-electron chi connectivity index (χ0n) is 24.1. The molecule has 0 aromatic heterocycles. The Bertz CT molecular complexity index is 1210. The summed E-state index contributed by atoms with van der Waals surface area (Å²) in [7, 11) is 1.52. The maximum atomic E-state index is 14.1. The van der Waals surface area contributed by atoms with E-state index in [4.69, 9.17) is 15.2 Å². The fraction of sp³-hybridized carbons (Fsp3) is 0.448. The number of amides is 4. The van der Waals surface area contributed by atoms with Crippen molar-refractivity contribution in [3.8, 4) is 11.5 Å². The number of carbonyl (C=O) groups excluding carboxylic acids is 4. The van der Waals surface area contributed by atoms with Gasteiger partial charge in [-0.05, 0) is 70.9 Å². The van der Waals surface area contributed by atoms with Gasteiger partial charge in [-0.15, -0.1) is 0 Å². The number of ether oxygens (including phenoxy) is 2. The Hall–Kier alpha value is -4.28. The molecule has 218 valence electrons.